The maximum Gasteiger partial charge on any atom is 0.181 e. The maximum atomic E-state index is 9.31. The van der Waals surface area contributed by atoms with Crippen molar-refractivity contribution in [3.63, 3.8) is 0 Å². The van der Waals surface area contributed by atoms with Gasteiger partial charge in [-0.2, -0.15) is 0 Å². The molecule has 3 nitrogen and oxygen atoms in total. The van der Waals surface area contributed by atoms with Crippen molar-refractivity contribution in [1.29, 1.82) is 0 Å². The summed E-state index contributed by atoms with van der Waals surface area (Å²) in [5.74, 6) is 0.183. The number of ether oxygens (including phenoxy) is 1. The molecule has 0 bridgehead atoms. The lowest BCUT2D eigenvalue weighted by molar-refractivity contribution is -0.0979. The molecule has 0 amide bonds. The van der Waals surface area contributed by atoms with Crippen LogP contribution in [-0.4, -0.2) is 16.8 Å². The third kappa shape index (κ3) is 2.22. The fourth-order valence-electron chi connectivity index (χ4n) is 0.893. The summed E-state index contributed by atoms with van der Waals surface area (Å²) in [5, 5.41) is 18.3. The molecule has 0 fully saturated rings. The van der Waals surface area contributed by atoms with Crippen LogP contribution >= 0.6 is 0 Å². The van der Waals surface area contributed by atoms with Crippen LogP contribution in [0.15, 0.2) is 24.3 Å². The van der Waals surface area contributed by atoms with Crippen LogP contribution in [0.2, 0.25) is 0 Å². The molecule has 0 aliphatic heterocycles. The molecule has 66 valence electrons. The molecule has 12 heavy (non-hydrogen) atoms. The van der Waals surface area contributed by atoms with Gasteiger partial charge in [0.05, 0.1) is 0 Å². The largest absolute Gasteiger partial charge is 0.508 e. The zero-order valence-electron chi connectivity index (χ0n) is 6.90. The van der Waals surface area contributed by atoms with Gasteiger partial charge in [-0.15, -0.1) is 0 Å². The minimum Gasteiger partial charge on any atom is -0.508 e. The van der Waals surface area contributed by atoms with Crippen molar-refractivity contribution in [2.24, 2.45) is 0 Å². The van der Waals surface area contributed by atoms with Gasteiger partial charge >= 0.3 is 0 Å². The topological polar surface area (TPSA) is 49.7 Å². The first-order chi connectivity index (χ1) is 5.74. The second-order valence-electron chi connectivity index (χ2n) is 2.40. The molecule has 1 aromatic rings. The number of benzene rings is 1. The van der Waals surface area contributed by atoms with E-state index in [0.29, 0.717) is 12.2 Å². The van der Waals surface area contributed by atoms with Crippen LogP contribution in [-0.2, 0) is 4.74 Å². The lowest BCUT2D eigenvalue weighted by Crippen LogP contribution is -2.01. The van der Waals surface area contributed by atoms with Crippen LogP contribution in [0.1, 0.15) is 18.8 Å². The van der Waals surface area contributed by atoms with E-state index in [1.807, 2.05) is 6.92 Å². The van der Waals surface area contributed by atoms with E-state index in [2.05, 4.69) is 0 Å². The van der Waals surface area contributed by atoms with E-state index in [1.165, 1.54) is 12.1 Å². The predicted octanol–water partition coefficient (Wildman–Crippen LogP) is 1.42. The summed E-state index contributed by atoms with van der Waals surface area (Å²) in [6.45, 7) is 2.27. The minimum absolute atomic E-state index is 0.183. The van der Waals surface area contributed by atoms with Gasteiger partial charge in [-0.1, -0.05) is 12.1 Å². The molecule has 1 rings (SSSR count). The summed E-state index contributed by atoms with van der Waals surface area (Å²) in [6, 6.07) is 6.26. The van der Waals surface area contributed by atoms with Gasteiger partial charge in [0.15, 0.2) is 6.29 Å². The summed E-state index contributed by atoms with van der Waals surface area (Å²) in [5.41, 5.74) is 0.648. The lowest BCUT2D eigenvalue weighted by atomic mass is 10.2. The molecule has 2 N–H and O–H groups in total. The molecule has 1 atom stereocenters. The van der Waals surface area contributed by atoms with E-state index in [-0.39, 0.29) is 5.75 Å². The monoisotopic (exact) mass is 168 g/mol. The normalized spacial score (nSPS) is 12.8. The molecule has 0 radical (unpaired) electrons. The summed E-state index contributed by atoms with van der Waals surface area (Å²) in [7, 11) is 0. The van der Waals surface area contributed by atoms with Gasteiger partial charge in [-0.05, 0) is 19.1 Å². The van der Waals surface area contributed by atoms with Crippen molar-refractivity contribution in [3.8, 4) is 5.75 Å². The Kier molecular flexibility index (Phi) is 3.08. The molecular weight excluding hydrogens is 156 g/mol. The van der Waals surface area contributed by atoms with Gasteiger partial charge in [-0.25, -0.2) is 0 Å². The SMILES string of the molecule is CCOC(O)c1ccc(O)cc1. The lowest BCUT2D eigenvalue weighted by Gasteiger charge is -2.09. The predicted molar refractivity (Wildman–Crippen MR) is 44.7 cm³/mol. The van der Waals surface area contributed by atoms with Crippen molar-refractivity contribution >= 4 is 0 Å². The number of phenolic OH excluding ortho intramolecular Hbond substituents is 1. The average molecular weight is 168 g/mol. The Bertz CT molecular complexity index is 230. The van der Waals surface area contributed by atoms with Crippen LogP contribution in [0.5, 0.6) is 5.75 Å². The van der Waals surface area contributed by atoms with E-state index in [1.54, 1.807) is 12.1 Å². The highest BCUT2D eigenvalue weighted by atomic mass is 16.6. The smallest absolute Gasteiger partial charge is 0.181 e. The molecule has 3 heteroatoms. The van der Waals surface area contributed by atoms with E-state index in [4.69, 9.17) is 9.84 Å². The van der Waals surface area contributed by atoms with Crippen LogP contribution in [0.25, 0.3) is 0 Å². The molecule has 1 aromatic carbocycles. The van der Waals surface area contributed by atoms with Gasteiger partial charge in [0, 0.05) is 12.2 Å². The molecule has 0 heterocycles. The van der Waals surface area contributed by atoms with Crippen LogP contribution in [0.3, 0.4) is 0 Å². The van der Waals surface area contributed by atoms with Crippen molar-refractivity contribution in [1.82, 2.24) is 0 Å². The molecule has 1 unspecified atom stereocenters. The fraction of sp³-hybridized carbons (Fsp3) is 0.333. The second-order valence-corrected chi connectivity index (χ2v) is 2.40. The standard InChI is InChI=1S/C9H12O3/c1-2-12-9(11)7-3-5-8(10)6-4-7/h3-6,9-11H,2H2,1H3. The highest BCUT2D eigenvalue weighted by molar-refractivity contribution is 5.26. The van der Waals surface area contributed by atoms with Gasteiger partial charge in [-0.3, -0.25) is 0 Å². The van der Waals surface area contributed by atoms with E-state index < -0.39 is 6.29 Å². The number of hydrogen-bond donors (Lipinski definition) is 2. The van der Waals surface area contributed by atoms with E-state index in [9.17, 15) is 5.11 Å². The first-order valence-corrected chi connectivity index (χ1v) is 3.82. The van der Waals surface area contributed by atoms with Crippen LogP contribution in [0.4, 0.5) is 0 Å². The zero-order chi connectivity index (χ0) is 8.97. The highest BCUT2D eigenvalue weighted by Crippen LogP contribution is 2.17. The number of phenols is 1. The van der Waals surface area contributed by atoms with Crippen molar-refractivity contribution in [3.05, 3.63) is 29.8 Å². The molecule has 0 aromatic heterocycles. The summed E-state index contributed by atoms with van der Waals surface area (Å²) >= 11 is 0. The summed E-state index contributed by atoms with van der Waals surface area (Å²) in [4.78, 5) is 0. The maximum absolute atomic E-state index is 9.31. The Labute approximate surface area is 71.2 Å². The highest BCUT2D eigenvalue weighted by Gasteiger charge is 2.05. The van der Waals surface area contributed by atoms with Crippen LogP contribution < -0.4 is 0 Å². The molecule has 0 spiro atoms. The Morgan fingerprint density at radius 1 is 1.33 bits per heavy atom. The van der Waals surface area contributed by atoms with Gasteiger partial charge in [0.2, 0.25) is 0 Å². The van der Waals surface area contributed by atoms with Crippen molar-refractivity contribution < 1.29 is 14.9 Å². The van der Waals surface area contributed by atoms with Crippen molar-refractivity contribution in [2.75, 3.05) is 6.61 Å². The first-order valence-electron chi connectivity index (χ1n) is 3.82. The molecular formula is C9H12O3. The number of aliphatic hydroxyl groups is 1. The van der Waals surface area contributed by atoms with E-state index in [0.717, 1.165) is 0 Å². The molecule has 0 saturated heterocycles. The summed E-state index contributed by atoms with van der Waals surface area (Å²) < 4.78 is 4.94. The third-order valence-corrected chi connectivity index (χ3v) is 1.50. The van der Waals surface area contributed by atoms with Gasteiger partial charge in [0.1, 0.15) is 5.75 Å². The molecule has 0 aliphatic carbocycles. The van der Waals surface area contributed by atoms with Gasteiger partial charge in [0.25, 0.3) is 0 Å². The van der Waals surface area contributed by atoms with Crippen LogP contribution in [0, 0.1) is 0 Å². The molecule has 0 saturated carbocycles. The number of aromatic hydroxyl groups is 1. The summed E-state index contributed by atoms with van der Waals surface area (Å²) in [6.07, 6.45) is -0.893. The quantitative estimate of drug-likeness (QED) is 0.671. The zero-order valence-corrected chi connectivity index (χ0v) is 6.90. The van der Waals surface area contributed by atoms with E-state index >= 15 is 0 Å². The third-order valence-electron chi connectivity index (χ3n) is 1.50. The number of hydrogen-bond acceptors (Lipinski definition) is 3. The number of aliphatic hydroxyl groups excluding tert-OH is 1. The Balaban J connectivity index is 2.68. The Morgan fingerprint density at radius 3 is 2.42 bits per heavy atom. The number of rotatable bonds is 3. The Morgan fingerprint density at radius 2 is 1.92 bits per heavy atom. The Hall–Kier alpha value is -1.06. The minimum atomic E-state index is -0.893. The second kappa shape index (κ2) is 4.09. The first kappa shape index (κ1) is 9.03. The average Bonchev–Trinajstić information content (AvgIpc) is 2.06. The van der Waals surface area contributed by atoms with Crippen molar-refractivity contribution in [2.45, 2.75) is 13.2 Å². The fourth-order valence-corrected chi connectivity index (χ4v) is 0.893. The molecule has 0 aliphatic rings. The van der Waals surface area contributed by atoms with Gasteiger partial charge < -0.3 is 14.9 Å².